The normalized spacial score (nSPS) is 15.3. The van der Waals surface area contributed by atoms with Gasteiger partial charge in [-0.25, -0.2) is 0 Å². The van der Waals surface area contributed by atoms with Crippen molar-refractivity contribution < 1.29 is 9.47 Å². The van der Waals surface area contributed by atoms with Crippen molar-refractivity contribution >= 4 is 33.9 Å². The zero-order valence-electron chi connectivity index (χ0n) is 31.9. The minimum atomic E-state index is 0.465. The van der Waals surface area contributed by atoms with Gasteiger partial charge < -0.3 is 25.4 Å². The van der Waals surface area contributed by atoms with Crippen molar-refractivity contribution in [3.8, 4) is 28.3 Å². The number of morpholine rings is 2. The fourth-order valence-electron chi connectivity index (χ4n) is 7.39. The number of rotatable bonds is 16. The van der Waals surface area contributed by atoms with Crippen LogP contribution in [0.2, 0.25) is 5.02 Å². The van der Waals surface area contributed by atoms with Crippen LogP contribution in [0.3, 0.4) is 0 Å². The van der Waals surface area contributed by atoms with E-state index >= 15 is 0 Å². The maximum Gasteiger partial charge on any atom is 0.103 e. The summed E-state index contributed by atoms with van der Waals surface area (Å²) in [6.07, 6.45) is 3.90. The van der Waals surface area contributed by atoms with E-state index < -0.39 is 0 Å². The number of aryl methyl sites for hydroxylation is 1. The Balaban J connectivity index is 0.965. The third kappa shape index (κ3) is 10.5. The zero-order chi connectivity index (χ0) is 37.8. The Morgan fingerprint density at radius 1 is 0.691 bits per heavy atom. The van der Waals surface area contributed by atoms with Crippen LogP contribution in [0.15, 0.2) is 85.1 Å². The van der Waals surface area contributed by atoms with Crippen LogP contribution in [0.4, 0.5) is 11.4 Å². The second-order valence-electron chi connectivity index (χ2n) is 14.5. The Hall–Kier alpha value is -4.37. The molecular weight excluding hydrogens is 706 g/mol. The molecule has 0 amide bonds. The van der Waals surface area contributed by atoms with Crippen molar-refractivity contribution in [2.45, 2.75) is 32.9 Å². The van der Waals surface area contributed by atoms with Crippen LogP contribution in [0.5, 0.6) is 0 Å². The predicted molar refractivity (Wildman–Crippen MR) is 224 cm³/mol. The maximum absolute atomic E-state index is 10.1. The number of anilines is 2. The molecular formula is C45H52ClN7O2. The first kappa shape index (κ1) is 38.9. The molecule has 2 fully saturated rings. The van der Waals surface area contributed by atoms with Crippen LogP contribution in [0.1, 0.15) is 35.1 Å². The summed E-state index contributed by atoms with van der Waals surface area (Å²) < 4.78 is 10.9. The summed E-state index contributed by atoms with van der Waals surface area (Å²) in [6, 6.07) is 30.1. The largest absolute Gasteiger partial charge is 0.379 e. The van der Waals surface area contributed by atoms with Crippen molar-refractivity contribution in [1.29, 1.82) is 5.26 Å². The number of pyridine rings is 1. The first-order valence-electron chi connectivity index (χ1n) is 19.6. The lowest BCUT2D eigenvalue weighted by atomic mass is 9.99. The molecule has 2 aliphatic heterocycles. The summed E-state index contributed by atoms with van der Waals surface area (Å²) >= 11 is 6.97. The highest BCUT2D eigenvalue weighted by Crippen LogP contribution is 2.38. The van der Waals surface area contributed by atoms with E-state index in [9.17, 15) is 5.26 Å². The topological polar surface area (TPSA) is 97.7 Å². The first-order chi connectivity index (χ1) is 27.0. The Morgan fingerprint density at radius 2 is 1.24 bits per heavy atom. The molecule has 0 spiro atoms. The van der Waals surface area contributed by atoms with E-state index in [0.717, 1.165) is 149 Å². The highest BCUT2D eigenvalue weighted by atomic mass is 35.5. The summed E-state index contributed by atoms with van der Waals surface area (Å²) in [5, 5.41) is 22.2. The second-order valence-corrected chi connectivity index (χ2v) is 14.9. The van der Waals surface area contributed by atoms with Gasteiger partial charge in [-0.1, -0.05) is 72.3 Å². The Labute approximate surface area is 330 Å². The lowest BCUT2D eigenvalue weighted by Gasteiger charge is -2.26. The number of fused-ring (bicyclic) bond motifs is 1. The van der Waals surface area contributed by atoms with E-state index in [2.05, 4.69) is 104 Å². The van der Waals surface area contributed by atoms with Crippen LogP contribution in [-0.4, -0.2) is 93.6 Å². The van der Waals surface area contributed by atoms with Crippen molar-refractivity contribution in [3.63, 3.8) is 0 Å². The third-order valence-electron chi connectivity index (χ3n) is 10.6. The van der Waals surface area contributed by atoms with Gasteiger partial charge in [-0.2, -0.15) is 5.26 Å². The molecule has 9 nitrogen and oxygen atoms in total. The van der Waals surface area contributed by atoms with Gasteiger partial charge in [-0.15, -0.1) is 0 Å². The number of nitrogens with one attached hydrogen (secondary N) is 3. The molecule has 0 unspecified atom stereocenters. The van der Waals surface area contributed by atoms with Crippen LogP contribution in [-0.2, 0) is 22.6 Å². The first-order valence-corrected chi connectivity index (χ1v) is 20.0. The molecule has 55 heavy (non-hydrogen) atoms. The monoisotopic (exact) mass is 757 g/mol. The molecule has 3 N–H and O–H groups in total. The summed E-state index contributed by atoms with van der Waals surface area (Å²) in [7, 11) is 0. The average molecular weight is 758 g/mol. The number of hydrogen-bond acceptors (Lipinski definition) is 9. The van der Waals surface area contributed by atoms with Gasteiger partial charge in [0.1, 0.15) is 6.07 Å². The van der Waals surface area contributed by atoms with Crippen molar-refractivity contribution in [2.24, 2.45) is 0 Å². The van der Waals surface area contributed by atoms with Crippen molar-refractivity contribution in [3.05, 3.63) is 112 Å². The number of ether oxygens (including phenoxy) is 2. The van der Waals surface area contributed by atoms with E-state index in [0.29, 0.717) is 16.3 Å². The molecule has 0 atom stereocenters. The van der Waals surface area contributed by atoms with Gasteiger partial charge in [0, 0.05) is 50.9 Å². The highest BCUT2D eigenvalue weighted by Gasteiger charge is 2.16. The van der Waals surface area contributed by atoms with Crippen LogP contribution in [0, 0.1) is 18.3 Å². The molecule has 286 valence electrons. The second kappa shape index (κ2) is 19.5. The fourth-order valence-corrected chi connectivity index (χ4v) is 7.70. The molecule has 2 saturated heterocycles. The Bertz CT molecular complexity index is 2030. The standard InChI is InChI=1S/C45H52ClN7O2/c1-33-26-39(37-10-6-35(7-11-37)31-49-15-3-17-53-20-24-55-25-21-53)27-42(46)44(33)51-45-40(29-47)32-50-43-28-38(12-13-41(43)45)36-8-4-34(5-9-36)30-48-14-2-16-52-18-22-54-23-19-52/h4-13,26-28,32,48-49H,2-3,14-25,30-31H2,1H3,(H,50,51). The quantitative estimate of drug-likeness (QED) is 0.0873. The van der Waals surface area contributed by atoms with Crippen LogP contribution >= 0.6 is 11.6 Å². The van der Waals surface area contributed by atoms with Gasteiger partial charge in [-0.05, 0) is 103 Å². The molecule has 10 heteroatoms. The zero-order valence-corrected chi connectivity index (χ0v) is 32.6. The van der Waals surface area contributed by atoms with E-state index in [4.69, 9.17) is 21.1 Å². The van der Waals surface area contributed by atoms with Crippen LogP contribution in [0.25, 0.3) is 33.2 Å². The Morgan fingerprint density at radius 3 is 1.78 bits per heavy atom. The maximum atomic E-state index is 10.1. The predicted octanol–water partition coefficient (Wildman–Crippen LogP) is 7.77. The van der Waals surface area contributed by atoms with Gasteiger partial charge >= 0.3 is 0 Å². The lowest BCUT2D eigenvalue weighted by Crippen LogP contribution is -2.37. The summed E-state index contributed by atoms with van der Waals surface area (Å²) in [4.78, 5) is 9.62. The summed E-state index contributed by atoms with van der Waals surface area (Å²) in [6.45, 7) is 15.5. The van der Waals surface area contributed by atoms with Gasteiger partial charge in [0.05, 0.1) is 53.9 Å². The molecule has 0 saturated carbocycles. The number of nitrogens with zero attached hydrogens (tertiary/aromatic N) is 4. The van der Waals surface area contributed by atoms with Crippen molar-refractivity contribution in [2.75, 3.05) is 84.1 Å². The number of benzene rings is 4. The Kier molecular flexibility index (Phi) is 13.8. The minimum Gasteiger partial charge on any atom is -0.379 e. The molecule has 3 heterocycles. The van der Waals surface area contributed by atoms with Gasteiger partial charge in [-0.3, -0.25) is 14.8 Å². The van der Waals surface area contributed by atoms with E-state index in [-0.39, 0.29) is 0 Å². The lowest BCUT2D eigenvalue weighted by molar-refractivity contribution is 0.0374. The number of hydrogen-bond donors (Lipinski definition) is 3. The van der Waals surface area contributed by atoms with E-state index in [1.165, 1.54) is 11.1 Å². The van der Waals surface area contributed by atoms with E-state index in [1.807, 2.05) is 19.1 Å². The molecule has 7 rings (SSSR count). The molecule has 0 radical (unpaired) electrons. The third-order valence-corrected chi connectivity index (χ3v) is 10.9. The minimum absolute atomic E-state index is 0.465. The summed E-state index contributed by atoms with van der Waals surface area (Å²) in [5.74, 6) is 0. The van der Waals surface area contributed by atoms with Crippen molar-refractivity contribution in [1.82, 2.24) is 25.4 Å². The van der Waals surface area contributed by atoms with E-state index in [1.54, 1.807) is 6.20 Å². The highest BCUT2D eigenvalue weighted by molar-refractivity contribution is 6.34. The fraction of sp³-hybridized carbons (Fsp3) is 0.378. The molecule has 2 aliphatic rings. The van der Waals surface area contributed by atoms with Crippen LogP contribution < -0.4 is 16.0 Å². The SMILES string of the molecule is Cc1cc(-c2ccc(CNCCCN3CCOCC3)cc2)cc(Cl)c1Nc1c(C#N)cnc2cc(-c3ccc(CNCCCN4CCOCC4)cc3)ccc12. The summed E-state index contributed by atoms with van der Waals surface area (Å²) in [5.41, 5.74) is 10.6. The molecule has 0 aliphatic carbocycles. The molecule has 1 aromatic heterocycles. The van der Waals surface area contributed by atoms with Gasteiger partial charge in [0.25, 0.3) is 0 Å². The molecule has 4 aromatic carbocycles. The molecule has 0 bridgehead atoms. The smallest absolute Gasteiger partial charge is 0.103 e. The van der Waals surface area contributed by atoms with Gasteiger partial charge in [0.15, 0.2) is 0 Å². The number of halogens is 1. The molecule has 5 aromatic rings. The number of nitriles is 1. The average Bonchev–Trinajstić information content (AvgIpc) is 3.23. The number of aromatic nitrogens is 1. The van der Waals surface area contributed by atoms with Gasteiger partial charge in [0.2, 0.25) is 0 Å².